The molecule has 0 bridgehead atoms. The molecule has 0 heterocycles. The van der Waals surface area contributed by atoms with E-state index < -0.39 is 0 Å². The summed E-state index contributed by atoms with van der Waals surface area (Å²) >= 11 is 0. The second kappa shape index (κ2) is 17.5. The Kier molecular flexibility index (Phi) is 17.1. The highest BCUT2D eigenvalue weighted by atomic mass is 16.5. The zero-order chi connectivity index (χ0) is 15.6. The van der Waals surface area contributed by atoms with Crippen molar-refractivity contribution in [3.63, 3.8) is 0 Å². The summed E-state index contributed by atoms with van der Waals surface area (Å²) in [6, 6.07) is 0. The van der Waals surface area contributed by atoms with Crippen molar-refractivity contribution < 1.29 is 9.53 Å². The molecule has 0 aromatic carbocycles. The molecule has 21 heavy (non-hydrogen) atoms. The van der Waals surface area contributed by atoms with Crippen molar-refractivity contribution in [2.75, 3.05) is 6.61 Å². The number of esters is 1. The molecule has 2 heteroatoms. The van der Waals surface area contributed by atoms with Crippen LogP contribution in [-0.4, -0.2) is 12.6 Å². The molecular formula is C19H38O2. The van der Waals surface area contributed by atoms with Gasteiger partial charge in [0.15, 0.2) is 0 Å². The predicted molar refractivity (Wildman–Crippen MR) is 91.6 cm³/mol. The molecule has 0 radical (unpaired) electrons. The maximum atomic E-state index is 11.3. The van der Waals surface area contributed by atoms with Gasteiger partial charge < -0.3 is 4.74 Å². The van der Waals surface area contributed by atoms with E-state index in [1.54, 1.807) is 0 Å². The molecule has 0 saturated carbocycles. The Morgan fingerprint density at radius 3 is 1.48 bits per heavy atom. The van der Waals surface area contributed by atoms with E-state index in [0.717, 1.165) is 12.8 Å². The molecule has 0 aromatic rings. The van der Waals surface area contributed by atoms with E-state index in [4.69, 9.17) is 4.74 Å². The highest BCUT2D eigenvalue weighted by Crippen LogP contribution is 2.13. The van der Waals surface area contributed by atoms with Crippen LogP contribution in [0.4, 0.5) is 0 Å². The summed E-state index contributed by atoms with van der Waals surface area (Å²) in [4.78, 5) is 11.3. The molecule has 2 nitrogen and oxygen atoms in total. The molecule has 0 aliphatic heterocycles. The van der Waals surface area contributed by atoms with Crippen LogP contribution in [0.1, 0.15) is 110 Å². The summed E-state index contributed by atoms with van der Waals surface area (Å²) in [6.45, 7) is 4.88. The maximum Gasteiger partial charge on any atom is 0.305 e. The highest BCUT2D eigenvalue weighted by Gasteiger charge is 2.01. The number of unbranched alkanes of at least 4 members (excludes halogenated alkanes) is 12. The van der Waals surface area contributed by atoms with E-state index in [1.807, 2.05) is 6.92 Å². The Hall–Kier alpha value is -0.530. The molecule has 0 atom stereocenters. The van der Waals surface area contributed by atoms with Crippen LogP contribution in [0.5, 0.6) is 0 Å². The topological polar surface area (TPSA) is 26.3 Å². The van der Waals surface area contributed by atoms with Crippen LogP contribution < -0.4 is 0 Å². The lowest BCUT2D eigenvalue weighted by molar-refractivity contribution is -0.143. The average Bonchev–Trinajstić information content (AvgIpc) is 2.49. The molecule has 0 aliphatic carbocycles. The van der Waals surface area contributed by atoms with Gasteiger partial charge in [-0.25, -0.2) is 0 Å². The minimum Gasteiger partial charge on any atom is -0.466 e. The van der Waals surface area contributed by atoms with Gasteiger partial charge in [-0.2, -0.15) is 0 Å². The highest BCUT2D eigenvalue weighted by molar-refractivity contribution is 5.69. The Morgan fingerprint density at radius 1 is 0.619 bits per heavy atom. The Labute approximate surface area is 133 Å². The fourth-order valence-electron chi connectivity index (χ4n) is 2.58. The third-order valence-corrected chi connectivity index (χ3v) is 3.95. The molecule has 0 amide bonds. The first-order valence-corrected chi connectivity index (χ1v) is 9.46. The lowest BCUT2D eigenvalue weighted by Crippen LogP contribution is -2.04. The van der Waals surface area contributed by atoms with Crippen molar-refractivity contribution in [2.45, 2.75) is 110 Å². The van der Waals surface area contributed by atoms with Crippen molar-refractivity contribution in [1.82, 2.24) is 0 Å². The normalized spacial score (nSPS) is 10.8. The Morgan fingerprint density at radius 2 is 1.05 bits per heavy atom. The fraction of sp³-hybridized carbons (Fsp3) is 0.947. The SMILES string of the molecule is CCCCCCCCCCCCCCCC(=O)OCCC. The van der Waals surface area contributed by atoms with E-state index in [9.17, 15) is 4.79 Å². The number of rotatable bonds is 16. The quantitative estimate of drug-likeness (QED) is 0.243. The van der Waals surface area contributed by atoms with Gasteiger partial charge in [0.2, 0.25) is 0 Å². The smallest absolute Gasteiger partial charge is 0.305 e. The molecule has 0 fully saturated rings. The molecule has 0 rings (SSSR count). The van der Waals surface area contributed by atoms with Crippen molar-refractivity contribution in [1.29, 1.82) is 0 Å². The monoisotopic (exact) mass is 298 g/mol. The summed E-state index contributed by atoms with van der Waals surface area (Å²) in [6.07, 6.45) is 19.0. The number of hydrogen-bond donors (Lipinski definition) is 0. The van der Waals surface area contributed by atoms with Crippen LogP contribution in [0, 0.1) is 0 Å². The summed E-state index contributed by atoms with van der Waals surface area (Å²) in [5, 5.41) is 0. The lowest BCUT2D eigenvalue weighted by Gasteiger charge is -2.04. The summed E-state index contributed by atoms with van der Waals surface area (Å²) in [5.74, 6) is -0.0140. The second-order valence-corrected chi connectivity index (χ2v) is 6.21. The van der Waals surface area contributed by atoms with Crippen molar-refractivity contribution in [2.24, 2.45) is 0 Å². The Bertz CT molecular complexity index is 214. The van der Waals surface area contributed by atoms with Crippen molar-refractivity contribution >= 4 is 5.97 Å². The standard InChI is InChI=1S/C19H38O2/c1-3-5-6-7-8-9-10-11-12-13-14-15-16-17-19(20)21-18-4-2/h3-18H2,1-2H3. The molecule has 0 spiro atoms. The number of carbonyl (C=O) groups is 1. The first-order chi connectivity index (χ1) is 10.3. The number of carbonyl (C=O) groups excluding carboxylic acids is 1. The van der Waals surface area contributed by atoms with Gasteiger partial charge in [0, 0.05) is 6.42 Å². The molecule has 126 valence electrons. The van der Waals surface area contributed by atoms with Crippen LogP contribution in [0.3, 0.4) is 0 Å². The minimum absolute atomic E-state index is 0.0140. The molecule has 0 unspecified atom stereocenters. The third kappa shape index (κ3) is 17.4. The van der Waals surface area contributed by atoms with Crippen LogP contribution in [0.15, 0.2) is 0 Å². The predicted octanol–water partition coefficient (Wildman–Crippen LogP) is 6.42. The fourth-order valence-corrected chi connectivity index (χ4v) is 2.58. The molecule has 0 aliphatic rings. The average molecular weight is 299 g/mol. The van der Waals surface area contributed by atoms with Gasteiger partial charge in [0.05, 0.1) is 6.61 Å². The van der Waals surface area contributed by atoms with Gasteiger partial charge in [-0.05, 0) is 12.8 Å². The molecule has 0 N–H and O–H groups in total. The van der Waals surface area contributed by atoms with Crippen LogP contribution in [0.25, 0.3) is 0 Å². The van der Waals surface area contributed by atoms with Gasteiger partial charge in [0.1, 0.15) is 0 Å². The lowest BCUT2D eigenvalue weighted by atomic mass is 10.0. The van der Waals surface area contributed by atoms with E-state index in [1.165, 1.54) is 77.0 Å². The Balaban J connectivity index is 3.04. The van der Waals surface area contributed by atoms with Crippen LogP contribution in [0.2, 0.25) is 0 Å². The van der Waals surface area contributed by atoms with Crippen molar-refractivity contribution in [3.05, 3.63) is 0 Å². The van der Waals surface area contributed by atoms with Gasteiger partial charge in [-0.3, -0.25) is 4.79 Å². The van der Waals surface area contributed by atoms with E-state index >= 15 is 0 Å². The summed E-state index contributed by atoms with van der Waals surface area (Å²) in [5.41, 5.74) is 0. The van der Waals surface area contributed by atoms with Crippen molar-refractivity contribution in [3.8, 4) is 0 Å². The third-order valence-electron chi connectivity index (χ3n) is 3.95. The van der Waals surface area contributed by atoms with Gasteiger partial charge in [-0.15, -0.1) is 0 Å². The minimum atomic E-state index is -0.0140. The summed E-state index contributed by atoms with van der Waals surface area (Å²) < 4.78 is 5.06. The molecule has 0 aromatic heterocycles. The molecule has 0 saturated heterocycles. The van der Waals surface area contributed by atoms with E-state index in [0.29, 0.717) is 13.0 Å². The first-order valence-electron chi connectivity index (χ1n) is 9.46. The van der Waals surface area contributed by atoms with Crippen LogP contribution in [-0.2, 0) is 9.53 Å². The first kappa shape index (κ1) is 20.5. The second-order valence-electron chi connectivity index (χ2n) is 6.21. The zero-order valence-corrected chi connectivity index (χ0v) is 14.6. The van der Waals surface area contributed by atoms with Gasteiger partial charge in [-0.1, -0.05) is 90.9 Å². The largest absolute Gasteiger partial charge is 0.466 e. The van der Waals surface area contributed by atoms with E-state index in [2.05, 4.69) is 6.92 Å². The molecular weight excluding hydrogens is 260 g/mol. The zero-order valence-electron chi connectivity index (χ0n) is 14.6. The number of hydrogen-bond acceptors (Lipinski definition) is 2. The maximum absolute atomic E-state index is 11.3. The van der Waals surface area contributed by atoms with Crippen LogP contribution >= 0.6 is 0 Å². The summed E-state index contributed by atoms with van der Waals surface area (Å²) in [7, 11) is 0. The number of ether oxygens (including phenoxy) is 1. The van der Waals surface area contributed by atoms with E-state index in [-0.39, 0.29) is 5.97 Å². The van der Waals surface area contributed by atoms with Gasteiger partial charge >= 0.3 is 5.97 Å². The van der Waals surface area contributed by atoms with Gasteiger partial charge in [0.25, 0.3) is 0 Å².